The van der Waals surface area contributed by atoms with E-state index in [4.69, 9.17) is 10.5 Å². The van der Waals surface area contributed by atoms with Crippen LogP contribution < -0.4 is 11.1 Å². The summed E-state index contributed by atoms with van der Waals surface area (Å²) in [5.74, 6) is -0.0392. The van der Waals surface area contributed by atoms with Gasteiger partial charge in [0.1, 0.15) is 5.54 Å². The zero-order chi connectivity index (χ0) is 15.0. The molecule has 0 saturated heterocycles. The minimum Gasteiger partial charge on any atom is -0.378 e. The lowest BCUT2D eigenvalue weighted by atomic mass is 9.54. The van der Waals surface area contributed by atoms with Gasteiger partial charge in [-0.1, -0.05) is 13.8 Å². The summed E-state index contributed by atoms with van der Waals surface area (Å²) in [6.07, 6.45) is 3.26. The molecule has 0 heterocycles. The first-order valence-corrected chi connectivity index (χ1v) is 7.72. The fourth-order valence-electron chi connectivity index (χ4n) is 3.02. The molecule has 2 saturated carbocycles. The number of ether oxygens (including phenoxy) is 1. The molecule has 5 nitrogen and oxygen atoms in total. The van der Waals surface area contributed by atoms with E-state index in [0.717, 1.165) is 12.6 Å². The molecule has 0 spiro atoms. The molecule has 2 fully saturated rings. The third-order valence-corrected chi connectivity index (χ3v) is 5.16. The molecule has 132 valence electrons. The molecular weight excluding hydrogens is 325 g/mol. The normalized spacial score (nSPS) is 29.1. The Bertz CT molecular complexity index is 378. The van der Waals surface area contributed by atoms with Crippen molar-refractivity contribution in [2.24, 2.45) is 11.1 Å². The van der Waals surface area contributed by atoms with Crippen molar-refractivity contribution in [1.82, 2.24) is 10.2 Å². The van der Waals surface area contributed by atoms with Crippen LogP contribution in [0.15, 0.2) is 0 Å². The van der Waals surface area contributed by atoms with Crippen molar-refractivity contribution in [3.63, 3.8) is 0 Å². The van der Waals surface area contributed by atoms with Gasteiger partial charge in [-0.15, -0.1) is 24.8 Å². The highest BCUT2D eigenvalue weighted by Gasteiger charge is 2.62. The van der Waals surface area contributed by atoms with E-state index < -0.39 is 5.54 Å². The first kappa shape index (κ1) is 21.9. The molecule has 0 aliphatic heterocycles. The maximum absolute atomic E-state index is 12.4. The SMILES string of the molecule is CCOC1CC(N)(C(=O)NCCN(C)C2CC2)C1(C)C.Cl.Cl. The number of halogens is 2. The van der Waals surface area contributed by atoms with Gasteiger partial charge in [-0.05, 0) is 26.8 Å². The molecule has 0 bridgehead atoms. The summed E-state index contributed by atoms with van der Waals surface area (Å²) in [5, 5.41) is 3.00. The largest absolute Gasteiger partial charge is 0.378 e. The minimum absolute atomic E-state index is 0. The molecule has 1 amide bonds. The highest BCUT2D eigenvalue weighted by atomic mass is 35.5. The summed E-state index contributed by atoms with van der Waals surface area (Å²) >= 11 is 0. The fraction of sp³-hybridized carbons (Fsp3) is 0.933. The Morgan fingerprint density at radius 2 is 1.95 bits per heavy atom. The summed E-state index contributed by atoms with van der Waals surface area (Å²) in [6.45, 7) is 8.24. The Labute approximate surface area is 146 Å². The molecule has 2 rings (SSSR count). The third kappa shape index (κ3) is 4.06. The number of likely N-dealkylation sites (N-methyl/N-ethyl adjacent to an activating group) is 1. The lowest BCUT2D eigenvalue weighted by Gasteiger charge is -2.57. The zero-order valence-electron chi connectivity index (χ0n) is 14.1. The highest BCUT2D eigenvalue weighted by molar-refractivity contribution is 5.88. The van der Waals surface area contributed by atoms with Gasteiger partial charge in [0, 0.05) is 37.6 Å². The second-order valence-electron chi connectivity index (χ2n) is 6.81. The summed E-state index contributed by atoms with van der Waals surface area (Å²) in [6, 6.07) is 0.723. The summed E-state index contributed by atoms with van der Waals surface area (Å²) < 4.78 is 5.65. The molecule has 22 heavy (non-hydrogen) atoms. The van der Waals surface area contributed by atoms with Crippen LogP contribution in [-0.4, -0.2) is 55.2 Å². The lowest BCUT2D eigenvalue weighted by Crippen LogP contribution is -2.75. The molecular formula is C15H31Cl2N3O2. The van der Waals surface area contributed by atoms with Gasteiger partial charge in [0.2, 0.25) is 5.91 Å². The summed E-state index contributed by atoms with van der Waals surface area (Å²) in [7, 11) is 2.11. The number of carbonyl (C=O) groups is 1. The fourth-order valence-corrected chi connectivity index (χ4v) is 3.02. The predicted octanol–water partition coefficient (Wildman–Crippen LogP) is 1.57. The number of amides is 1. The van der Waals surface area contributed by atoms with Crippen LogP contribution in [0.2, 0.25) is 0 Å². The van der Waals surface area contributed by atoms with Crippen molar-refractivity contribution in [1.29, 1.82) is 0 Å². The van der Waals surface area contributed by atoms with Gasteiger partial charge >= 0.3 is 0 Å². The van der Waals surface area contributed by atoms with Crippen LogP contribution in [0.3, 0.4) is 0 Å². The van der Waals surface area contributed by atoms with Gasteiger partial charge < -0.3 is 20.7 Å². The van der Waals surface area contributed by atoms with Crippen LogP contribution in [0.5, 0.6) is 0 Å². The smallest absolute Gasteiger partial charge is 0.240 e. The van der Waals surface area contributed by atoms with E-state index in [0.29, 0.717) is 19.6 Å². The van der Waals surface area contributed by atoms with Gasteiger partial charge in [-0.3, -0.25) is 4.79 Å². The zero-order valence-corrected chi connectivity index (χ0v) is 15.7. The summed E-state index contributed by atoms with van der Waals surface area (Å²) in [4.78, 5) is 14.7. The molecule has 0 aromatic carbocycles. The van der Waals surface area contributed by atoms with Crippen molar-refractivity contribution in [3.05, 3.63) is 0 Å². The van der Waals surface area contributed by atoms with E-state index in [2.05, 4.69) is 17.3 Å². The summed E-state index contributed by atoms with van der Waals surface area (Å²) in [5.41, 5.74) is 5.22. The maximum Gasteiger partial charge on any atom is 0.240 e. The molecule has 2 unspecified atom stereocenters. The Morgan fingerprint density at radius 1 is 1.36 bits per heavy atom. The van der Waals surface area contributed by atoms with E-state index in [1.807, 2.05) is 20.8 Å². The first-order valence-electron chi connectivity index (χ1n) is 7.72. The van der Waals surface area contributed by atoms with E-state index in [1.165, 1.54) is 12.8 Å². The molecule has 3 N–H and O–H groups in total. The van der Waals surface area contributed by atoms with Crippen molar-refractivity contribution >= 4 is 30.7 Å². The Balaban J connectivity index is 0.00000220. The number of nitrogens with two attached hydrogens (primary N) is 1. The second-order valence-corrected chi connectivity index (χ2v) is 6.81. The number of rotatable bonds is 7. The topological polar surface area (TPSA) is 67.6 Å². The molecule has 0 aromatic rings. The Kier molecular flexibility index (Phi) is 8.13. The van der Waals surface area contributed by atoms with Crippen molar-refractivity contribution < 1.29 is 9.53 Å². The number of hydrogen-bond acceptors (Lipinski definition) is 4. The highest BCUT2D eigenvalue weighted by Crippen LogP contribution is 2.49. The van der Waals surface area contributed by atoms with Crippen molar-refractivity contribution in [3.8, 4) is 0 Å². The van der Waals surface area contributed by atoms with E-state index in [9.17, 15) is 4.79 Å². The molecule has 0 aromatic heterocycles. The van der Waals surface area contributed by atoms with Gasteiger partial charge in [0.15, 0.2) is 0 Å². The second kappa shape index (κ2) is 8.15. The van der Waals surface area contributed by atoms with Crippen LogP contribution in [0, 0.1) is 5.41 Å². The quantitative estimate of drug-likeness (QED) is 0.727. The Morgan fingerprint density at radius 3 is 2.41 bits per heavy atom. The van der Waals surface area contributed by atoms with E-state index in [1.54, 1.807) is 0 Å². The average molecular weight is 356 g/mol. The maximum atomic E-state index is 12.4. The molecule has 7 heteroatoms. The molecule has 0 radical (unpaired) electrons. The molecule has 2 aliphatic rings. The van der Waals surface area contributed by atoms with E-state index >= 15 is 0 Å². The monoisotopic (exact) mass is 355 g/mol. The molecule has 2 atom stereocenters. The molecule has 2 aliphatic carbocycles. The van der Waals surface area contributed by atoms with E-state index in [-0.39, 0.29) is 42.2 Å². The van der Waals surface area contributed by atoms with Gasteiger partial charge in [-0.25, -0.2) is 0 Å². The number of carbonyl (C=O) groups excluding carboxylic acids is 1. The number of nitrogens with one attached hydrogen (secondary N) is 1. The predicted molar refractivity (Wildman–Crippen MR) is 93.9 cm³/mol. The third-order valence-electron chi connectivity index (χ3n) is 5.16. The van der Waals surface area contributed by atoms with Crippen molar-refractivity contribution in [2.75, 3.05) is 26.7 Å². The van der Waals surface area contributed by atoms with Gasteiger partial charge in [-0.2, -0.15) is 0 Å². The number of hydrogen-bond donors (Lipinski definition) is 2. The minimum atomic E-state index is -0.801. The van der Waals surface area contributed by atoms with Crippen molar-refractivity contribution in [2.45, 2.75) is 57.7 Å². The lowest BCUT2D eigenvalue weighted by molar-refractivity contribution is -0.170. The van der Waals surface area contributed by atoms with Crippen LogP contribution >= 0.6 is 24.8 Å². The standard InChI is InChI=1S/C15H29N3O2.2ClH/c1-5-20-12-10-15(16,14(12,2)3)13(19)17-8-9-18(4)11-6-7-11;;/h11-12H,5-10,16H2,1-4H3,(H,17,19);2*1H. The van der Waals surface area contributed by atoms with Crippen LogP contribution in [-0.2, 0) is 9.53 Å². The van der Waals surface area contributed by atoms with Crippen LogP contribution in [0.1, 0.15) is 40.0 Å². The Hall–Kier alpha value is -0.0700. The van der Waals surface area contributed by atoms with Gasteiger partial charge in [0.25, 0.3) is 0 Å². The number of nitrogens with zero attached hydrogens (tertiary/aromatic N) is 1. The van der Waals surface area contributed by atoms with Gasteiger partial charge in [0.05, 0.1) is 6.10 Å². The van der Waals surface area contributed by atoms with Crippen LogP contribution in [0.4, 0.5) is 0 Å². The average Bonchev–Trinajstić information content (AvgIpc) is 3.22. The first-order chi connectivity index (χ1) is 9.33. The van der Waals surface area contributed by atoms with Crippen LogP contribution in [0.25, 0.3) is 0 Å².